The first-order valence-electron chi connectivity index (χ1n) is 11.8. The van der Waals surface area contributed by atoms with Crippen LogP contribution in [0.1, 0.15) is 33.1 Å². The number of rotatable bonds is 11. The Balaban J connectivity index is 1.38. The van der Waals surface area contributed by atoms with E-state index in [1.165, 1.54) is 5.01 Å². The molecule has 35 heavy (non-hydrogen) atoms. The van der Waals surface area contributed by atoms with E-state index in [-0.39, 0.29) is 12.0 Å². The number of unbranched alkanes of at least 4 members (excludes halogenated alkanes) is 1. The van der Waals surface area contributed by atoms with E-state index >= 15 is 0 Å². The summed E-state index contributed by atoms with van der Waals surface area (Å²) in [5.41, 5.74) is 9.24. The van der Waals surface area contributed by atoms with Crippen molar-refractivity contribution >= 4 is 11.8 Å². The number of ether oxygens (including phenoxy) is 1. The molecule has 3 N–H and O–H groups in total. The summed E-state index contributed by atoms with van der Waals surface area (Å²) in [4.78, 5) is 15.9. The van der Waals surface area contributed by atoms with Gasteiger partial charge in [-0.25, -0.2) is 10.5 Å². The monoisotopic (exact) mass is 473 g/mol. The largest absolute Gasteiger partial charge is 0.480 e. The molecule has 8 nitrogen and oxygen atoms in total. The van der Waals surface area contributed by atoms with Crippen molar-refractivity contribution in [3.63, 3.8) is 0 Å². The number of aliphatic carboxylic acids is 1. The Morgan fingerprint density at radius 1 is 0.971 bits per heavy atom. The summed E-state index contributed by atoms with van der Waals surface area (Å²) in [7, 11) is 0. The van der Waals surface area contributed by atoms with Crippen LogP contribution in [0.3, 0.4) is 0 Å². The Morgan fingerprint density at radius 3 is 2.34 bits per heavy atom. The van der Waals surface area contributed by atoms with Crippen LogP contribution in [0.5, 0.6) is 5.88 Å². The number of nitrogens with zero attached hydrogens (tertiary/aromatic N) is 3. The predicted molar refractivity (Wildman–Crippen MR) is 136 cm³/mol. The van der Waals surface area contributed by atoms with Gasteiger partial charge >= 0.3 is 5.97 Å². The lowest BCUT2D eigenvalue weighted by Gasteiger charge is -2.29. The number of amidine groups is 1. The third-order valence-electron chi connectivity index (χ3n) is 5.93. The molecule has 3 aromatic rings. The second-order valence-electron chi connectivity index (χ2n) is 9.14. The maximum atomic E-state index is 11.1. The van der Waals surface area contributed by atoms with Crippen LogP contribution in [0.25, 0.3) is 22.4 Å². The Labute approximate surface area is 205 Å². The summed E-state index contributed by atoms with van der Waals surface area (Å²) in [6.45, 7) is 4.50. The zero-order valence-corrected chi connectivity index (χ0v) is 20.1. The maximum absolute atomic E-state index is 11.1. The van der Waals surface area contributed by atoms with Crippen molar-refractivity contribution < 1.29 is 14.6 Å². The lowest BCUT2D eigenvalue weighted by molar-refractivity contribution is -0.138. The van der Waals surface area contributed by atoms with E-state index in [1.54, 1.807) is 0 Å². The average molecular weight is 474 g/mol. The zero-order valence-electron chi connectivity index (χ0n) is 20.1. The van der Waals surface area contributed by atoms with E-state index in [9.17, 15) is 4.79 Å². The molecule has 0 bridgehead atoms. The molecule has 0 spiro atoms. The average Bonchev–Trinajstić information content (AvgIpc) is 3.33. The standard InChI is InChI=1S/C27H31N5O3/c1-27(2,26-29-30-31-32(26)19-25(33)34)15-9-10-16-35-24-18-22(20-11-5-3-6-12-20)17-23(28-24)21-13-7-4-8-14-21/h3-8,11-14,17-18,30-31H,9-10,15-16,19H2,1-2H3,(H,33,34). The Bertz CT molecular complexity index is 1110. The molecule has 0 saturated carbocycles. The second kappa shape index (κ2) is 11.0. The molecule has 8 heteroatoms. The third-order valence-corrected chi connectivity index (χ3v) is 5.93. The highest BCUT2D eigenvalue weighted by Crippen LogP contribution is 2.30. The van der Waals surface area contributed by atoms with Gasteiger partial charge in [0.05, 0.1) is 12.3 Å². The molecular formula is C27H31N5O3. The van der Waals surface area contributed by atoms with Gasteiger partial charge in [-0.1, -0.05) is 74.5 Å². The molecule has 2 aromatic carbocycles. The van der Waals surface area contributed by atoms with Crippen LogP contribution in [-0.2, 0) is 4.79 Å². The van der Waals surface area contributed by atoms with Gasteiger partial charge in [0.1, 0.15) is 12.4 Å². The molecule has 0 aliphatic carbocycles. The van der Waals surface area contributed by atoms with E-state index in [0.29, 0.717) is 18.3 Å². The van der Waals surface area contributed by atoms with Gasteiger partial charge in [-0.05, 0) is 36.5 Å². The highest BCUT2D eigenvalue weighted by atomic mass is 16.5. The van der Waals surface area contributed by atoms with Crippen molar-refractivity contribution in [3.05, 3.63) is 72.8 Å². The van der Waals surface area contributed by atoms with Crippen molar-refractivity contribution in [2.75, 3.05) is 13.2 Å². The molecule has 1 aliphatic rings. The molecule has 0 amide bonds. The van der Waals surface area contributed by atoms with Gasteiger partial charge < -0.3 is 9.84 Å². The van der Waals surface area contributed by atoms with Gasteiger partial charge in [-0.15, -0.1) is 10.6 Å². The predicted octanol–water partition coefficient (Wildman–Crippen LogP) is 4.71. The van der Waals surface area contributed by atoms with Gasteiger partial charge in [0.15, 0.2) is 0 Å². The number of benzene rings is 2. The van der Waals surface area contributed by atoms with E-state index in [0.717, 1.165) is 41.6 Å². The highest BCUT2D eigenvalue weighted by molar-refractivity contribution is 5.90. The smallest absolute Gasteiger partial charge is 0.324 e. The van der Waals surface area contributed by atoms with Gasteiger partial charge in [0, 0.05) is 17.0 Å². The number of hydrogen-bond donors (Lipinski definition) is 3. The number of nitrogens with one attached hydrogen (secondary N) is 2. The van der Waals surface area contributed by atoms with Crippen LogP contribution in [0.15, 0.2) is 77.9 Å². The number of pyridine rings is 1. The van der Waals surface area contributed by atoms with Crippen LogP contribution in [0.4, 0.5) is 0 Å². The number of hydrogen-bond acceptors (Lipinski definition) is 7. The van der Waals surface area contributed by atoms with E-state index < -0.39 is 5.97 Å². The molecule has 2 heterocycles. The fourth-order valence-electron chi connectivity index (χ4n) is 4.11. The van der Waals surface area contributed by atoms with Gasteiger partial charge in [0.25, 0.3) is 0 Å². The number of carboxylic acid groups (broad SMARTS) is 1. The fraction of sp³-hybridized carbons (Fsp3) is 0.296. The quantitative estimate of drug-likeness (QED) is 0.347. The minimum absolute atomic E-state index is 0.161. The van der Waals surface area contributed by atoms with Gasteiger partial charge in [-0.3, -0.25) is 9.80 Å². The molecule has 182 valence electrons. The van der Waals surface area contributed by atoms with Crippen LogP contribution in [-0.4, -0.2) is 40.1 Å². The van der Waals surface area contributed by atoms with E-state index in [4.69, 9.17) is 14.8 Å². The first-order valence-corrected chi connectivity index (χ1v) is 11.8. The molecule has 0 atom stereocenters. The van der Waals surface area contributed by atoms with Gasteiger partial charge in [0.2, 0.25) is 5.88 Å². The molecular weight excluding hydrogens is 442 g/mol. The van der Waals surface area contributed by atoms with E-state index in [2.05, 4.69) is 48.2 Å². The fourth-order valence-corrected chi connectivity index (χ4v) is 4.11. The van der Waals surface area contributed by atoms with Crippen molar-refractivity contribution in [1.29, 1.82) is 0 Å². The number of carboxylic acids is 1. The first kappa shape index (κ1) is 24.2. The SMILES string of the molecule is CC(C)(CCCCOc1cc(-c2ccccc2)cc(-c2ccccc2)n1)C1=NNNN1CC(=O)O. The maximum Gasteiger partial charge on any atom is 0.324 e. The van der Waals surface area contributed by atoms with Crippen LogP contribution in [0.2, 0.25) is 0 Å². The topological polar surface area (TPSA) is 99.1 Å². The zero-order chi connectivity index (χ0) is 24.7. The van der Waals surface area contributed by atoms with Crippen molar-refractivity contribution in [2.24, 2.45) is 10.5 Å². The number of hydrazone groups is 1. The first-order chi connectivity index (χ1) is 16.9. The Morgan fingerprint density at radius 2 is 1.66 bits per heavy atom. The Hall–Kier alpha value is -3.91. The second-order valence-corrected chi connectivity index (χ2v) is 9.14. The molecule has 1 aromatic heterocycles. The highest BCUT2D eigenvalue weighted by Gasteiger charge is 2.33. The summed E-state index contributed by atoms with van der Waals surface area (Å²) in [5.74, 6) is 0.370. The van der Waals surface area contributed by atoms with Crippen LogP contribution >= 0.6 is 0 Å². The summed E-state index contributed by atoms with van der Waals surface area (Å²) >= 11 is 0. The van der Waals surface area contributed by atoms with Crippen molar-refractivity contribution in [1.82, 2.24) is 21.1 Å². The lowest BCUT2D eigenvalue weighted by atomic mass is 9.85. The molecule has 1 aliphatic heterocycles. The van der Waals surface area contributed by atoms with Crippen LogP contribution in [0, 0.1) is 5.41 Å². The Kier molecular flexibility index (Phi) is 7.62. The lowest BCUT2D eigenvalue weighted by Crippen LogP contribution is -2.48. The summed E-state index contributed by atoms with van der Waals surface area (Å²) < 4.78 is 6.09. The summed E-state index contributed by atoms with van der Waals surface area (Å²) in [5, 5.41) is 14.9. The minimum atomic E-state index is -0.918. The molecule has 0 radical (unpaired) electrons. The van der Waals surface area contributed by atoms with Crippen molar-refractivity contribution in [3.8, 4) is 28.3 Å². The normalized spacial score (nSPS) is 13.3. The summed E-state index contributed by atoms with van der Waals surface area (Å²) in [6.07, 6.45) is 2.58. The molecule has 0 saturated heterocycles. The third kappa shape index (κ3) is 6.36. The number of carbonyl (C=O) groups is 1. The van der Waals surface area contributed by atoms with E-state index in [1.807, 2.05) is 54.6 Å². The number of aromatic nitrogens is 1. The molecule has 0 fully saturated rings. The molecule has 0 unspecified atom stereocenters. The minimum Gasteiger partial charge on any atom is -0.480 e. The molecule has 4 rings (SSSR count). The number of hydrazine groups is 2. The summed E-state index contributed by atoms with van der Waals surface area (Å²) in [6, 6.07) is 24.4. The van der Waals surface area contributed by atoms with Crippen LogP contribution < -0.4 is 15.8 Å². The van der Waals surface area contributed by atoms with Gasteiger partial charge in [-0.2, -0.15) is 0 Å². The van der Waals surface area contributed by atoms with Crippen molar-refractivity contribution in [2.45, 2.75) is 33.1 Å².